The van der Waals surface area contributed by atoms with E-state index in [1.807, 2.05) is 6.07 Å². The van der Waals surface area contributed by atoms with Gasteiger partial charge in [0.25, 0.3) is 5.91 Å². The van der Waals surface area contributed by atoms with Crippen molar-refractivity contribution in [3.63, 3.8) is 0 Å². The van der Waals surface area contributed by atoms with Crippen molar-refractivity contribution >= 4 is 11.7 Å². The lowest BCUT2D eigenvalue weighted by atomic mass is 10.2. The van der Waals surface area contributed by atoms with E-state index in [1.54, 1.807) is 48.5 Å². The summed E-state index contributed by atoms with van der Waals surface area (Å²) in [5, 5.41) is 10.4. The summed E-state index contributed by atoms with van der Waals surface area (Å²) in [7, 11) is 0. The van der Waals surface area contributed by atoms with Gasteiger partial charge in [0.2, 0.25) is 5.95 Å². The molecule has 0 saturated carbocycles. The lowest BCUT2D eigenvalue weighted by molar-refractivity contribution is 0.102. The third kappa shape index (κ3) is 2.95. The summed E-state index contributed by atoms with van der Waals surface area (Å²) in [5.74, 6) is -0.602. The first-order valence-corrected chi connectivity index (χ1v) is 6.55. The van der Waals surface area contributed by atoms with Gasteiger partial charge in [0, 0.05) is 11.8 Å². The minimum atomic E-state index is -0.613. The number of carbonyl (C=O) groups is 1. The molecule has 3 rings (SSSR count). The highest BCUT2D eigenvalue weighted by molar-refractivity contribution is 6.03. The molecule has 1 N–H and O–H groups in total. The smallest absolute Gasteiger partial charge is 0.256 e. The Balaban J connectivity index is 1.78. The maximum Gasteiger partial charge on any atom is 0.256 e. The lowest BCUT2D eigenvalue weighted by Crippen LogP contribution is -2.13. The van der Waals surface area contributed by atoms with Crippen LogP contribution in [0.1, 0.15) is 10.4 Å². The third-order valence-corrected chi connectivity index (χ3v) is 2.98. The maximum atomic E-state index is 13.6. The summed E-state index contributed by atoms with van der Waals surface area (Å²) < 4.78 is 13.6. The number of hydrogen-bond donors (Lipinski definition) is 1. The molecule has 6 heteroatoms. The minimum absolute atomic E-state index is 0.260. The summed E-state index contributed by atoms with van der Waals surface area (Å²) in [5.41, 5.74) is 1.13. The number of aromatic nitrogens is 3. The molecule has 0 atom stereocenters. The van der Waals surface area contributed by atoms with Crippen molar-refractivity contribution in [3.8, 4) is 11.3 Å². The van der Waals surface area contributed by atoms with Gasteiger partial charge in [-0.05, 0) is 36.4 Å². The molecule has 22 heavy (non-hydrogen) atoms. The maximum absolute atomic E-state index is 13.6. The van der Waals surface area contributed by atoms with Gasteiger partial charge in [0.05, 0.1) is 11.3 Å². The average Bonchev–Trinajstić information content (AvgIpc) is 2.57. The van der Waals surface area contributed by atoms with Crippen LogP contribution in [0.4, 0.5) is 10.2 Å². The zero-order valence-corrected chi connectivity index (χ0v) is 11.4. The molecule has 0 aliphatic heterocycles. The molecule has 1 amide bonds. The van der Waals surface area contributed by atoms with Gasteiger partial charge in [0.1, 0.15) is 0 Å². The molecule has 0 spiro atoms. The molecule has 2 aromatic heterocycles. The van der Waals surface area contributed by atoms with E-state index in [9.17, 15) is 9.18 Å². The first-order chi connectivity index (χ1) is 10.7. The van der Waals surface area contributed by atoms with Gasteiger partial charge < -0.3 is 5.32 Å². The summed E-state index contributed by atoms with van der Waals surface area (Å²) >= 11 is 0. The Hall–Kier alpha value is -3.15. The minimum Gasteiger partial charge on any atom is -0.305 e. The number of amides is 1. The van der Waals surface area contributed by atoms with Crippen LogP contribution < -0.4 is 5.32 Å². The topological polar surface area (TPSA) is 67.8 Å². The van der Waals surface area contributed by atoms with Crippen molar-refractivity contribution in [2.24, 2.45) is 0 Å². The molecule has 2 heterocycles. The second kappa shape index (κ2) is 6.09. The molecule has 0 radical (unpaired) electrons. The lowest BCUT2D eigenvalue weighted by Gasteiger charge is -2.05. The van der Waals surface area contributed by atoms with E-state index >= 15 is 0 Å². The Morgan fingerprint density at radius 1 is 0.955 bits per heavy atom. The van der Waals surface area contributed by atoms with Crippen molar-refractivity contribution in [1.82, 2.24) is 15.2 Å². The Labute approximate surface area is 125 Å². The Kier molecular flexibility index (Phi) is 3.82. The molecular formula is C16H11FN4O. The molecule has 3 aromatic rings. The van der Waals surface area contributed by atoms with Crippen LogP contribution in [0.5, 0.6) is 0 Å². The largest absolute Gasteiger partial charge is 0.305 e. The Bertz CT molecular complexity index is 791. The number of halogens is 1. The van der Waals surface area contributed by atoms with E-state index < -0.39 is 5.95 Å². The fourth-order valence-corrected chi connectivity index (χ4v) is 1.90. The average molecular weight is 294 g/mol. The van der Waals surface area contributed by atoms with Gasteiger partial charge in [-0.15, -0.1) is 10.2 Å². The van der Waals surface area contributed by atoms with Crippen LogP contribution in [0.25, 0.3) is 11.3 Å². The van der Waals surface area contributed by atoms with E-state index in [4.69, 9.17) is 0 Å². The summed E-state index contributed by atoms with van der Waals surface area (Å²) in [4.78, 5) is 15.5. The number of hydrogen-bond acceptors (Lipinski definition) is 4. The van der Waals surface area contributed by atoms with Crippen LogP contribution in [-0.2, 0) is 0 Å². The highest BCUT2D eigenvalue weighted by atomic mass is 19.1. The highest BCUT2D eigenvalue weighted by Crippen LogP contribution is 2.18. The molecule has 0 aliphatic rings. The molecule has 0 bridgehead atoms. The van der Waals surface area contributed by atoms with Gasteiger partial charge in [0.15, 0.2) is 5.82 Å². The number of nitrogens with one attached hydrogen (secondary N) is 1. The number of anilines is 1. The van der Waals surface area contributed by atoms with E-state index in [0.717, 1.165) is 0 Å². The number of pyridine rings is 1. The van der Waals surface area contributed by atoms with Crippen molar-refractivity contribution < 1.29 is 9.18 Å². The van der Waals surface area contributed by atoms with Gasteiger partial charge in [-0.25, -0.2) is 4.98 Å². The van der Waals surface area contributed by atoms with Crippen molar-refractivity contribution in [2.75, 3.05) is 5.32 Å². The number of rotatable bonds is 3. The number of nitrogens with zero attached hydrogens (tertiary/aromatic N) is 3. The molecule has 0 unspecified atom stereocenters. The van der Waals surface area contributed by atoms with Gasteiger partial charge in [-0.1, -0.05) is 18.2 Å². The fraction of sp³-hybridized carbons (Fsp3) is 0. The van der Waals surface area contributed by atoms with Crippen LogP contribution in [0.2, 0.25) is 0 Å². The van der Waals surface area contributed by atoms with E-state index in [2.05, 4.69) is 20.5 Å². The quantitative estimate of drug-likeness (QED) is 0.754. The van der Waals surface area contributed by atoms with Crippen molar-refractivity contribution in [3.05, 3.63) is 72.3 Å². The second-order valence-corrected chi connectivity index (χ2v) is 4.47. The highest BCUT2D eigenvalue weighted by Gasteiger charge is 2.09. The standard InChI is InChI=1S/C16H11FN4O/c17-15-12(7-4-10-18-15)13-8-9-14(21-20-13)19-16(22)11-5-2-1-3-6-11/h1-10H,(H,19,21,22). The van der Waals surface area contributed by atoms with Gasteiger partial charge >= 0.3 is 0 Å². The SMILES string of the molecule is O=C(Nc1ccc(-c2cccnc2F)nn1)c1ccccc1. The molecule has 0 aliphatic carbocycles. The van der Waals surface area contributed by atoms with Crippen LogP contribution >= 0.6 is 0 Å². The fourth-order valence-electron chi connectivity index (χ4n) is 1.90. The molecule has 108 valence electrons. The predicted octanol–water partition coefficient (Wildman–Crippen LogP) is 2.93. The number of carbonyl (C=O) groups excluding carboxylic acids is 1. The molecule has 1 aromatic carbocycles. The van der Waals surface area contributed by atoms with Crippen LogP contribution in [0.3, 0.4) is 0 Å². The van der Waals surface area contributed by atoms with Crippen molar-refractivity contribution in [2.45, 2.75) is 0 Å². The Morgan fingerprint density at radius 3 is 2.45 bits per heavy atom. The first-order valence-electron chi connectivity index (χ1n) is 6.55. The first kappa shape index (κ1) is 13.8. The monoisotopic (exact) mass is 294 g/mol. The zero-order valence-electron chi connectivity index (χ0n) is 11.4. The predicted molar refractivity (Wildman–Crippen MR) is 79.6 cm³/mol. The summed E-state index contributed by atoms with van der Waals surface area (Å²) in [6.45, 7) is 0. The van der Waals surface area contributed by atoms with Gasteiger partial charge in [-0.2, -0.15) is 4.39 Å². The molecule has 5 nitrogen and oxygen atoms in total. The number of benzene rings is 1. The molecule has 0 fully saturated rings. The molecule has 0 saturated heterocycles. The van der Waals surface area contributed by atoms with Crippen molar-refractivity contribution in [1.29, 1.82) is 0 Å². The normalized spacial score (nSPS) is 10.2. The van der Waals surface area contributed by atoms with E-state index in [0.29, 0.717) is 17.1 Å². The third-order valence-electron chi connectivity index (χ3n) is 2.98. The zero-order chi connectivity index (χ0) is 15.4. The van der Waals surface area contributed by atoms with E-state index in [1.165, 1.54) is 6.20 Å². The van der Waals surface area contributed by atoms with Gasteiger partial charge in [-0.3, -0.25) is 4.79 Å². The van der Waals surface area contributed by atoms with Crippen LogP contribution in [0.15, 0.2) is 60.8 Å². The van der Waals surface area contributed by atoms with E-state index in [-0.39, 0.29) is 11.5 Å². The summed E-state index contributed by atoms with van der Waals surface area (Å²) in [6.07, 6.45) is 1.36. The molecular weight excluding hydrogens is 283 g/mol. The second-order valence-electron chi connectivity index (χ2n) is 4.47. The summed E-state index contributed by atoms with van der Waals surface area (Å²) in [6, 6.07) is 15.1. The van der Waals surface area contributed by atoms with Crippen LogP contribution in [0, 0.1) is 5.95 Å². The Morgan fingerprint density at radius 2 is 1.77 bits per heavy atom. The van der Waals surface area contributed by atoms with Crippen LogP contribution in [-0.4, -0.2) is 21.1 Å².